The van der Waals surface area contributed by atoms with Gasteiger partial charge in [-0.3, -0.25) is 10.9 Å². The van der Waals surface area contributed by atoms with Gasteiger partial charge in [-0.2, -0.15) is 5.12 Å². The highest BCUT2D eigenvalue weighted by Gasteiger charge is 2.22. The van der Waals surface area contributed by atoms with E-state index < -0.39 is 0 Å². The largest absolute Gasteiger partial charge is 0.505 e. The molecule has 2 aromatic carbocycles. The second-order valence-corrected chi connectivity index (χ2v) is 6.43. The van der Waals surface area contributed by atoms with Crippen molar-refractivity contribution in [3.05, 3.63) is 47.5 Å². The molecule has 0 aromatic heterocycles. The van der Waals surface area contributed by atoms with Crippen molar-refractivity contribution in [3.63, 3.8) is 0 Å². The van der Waals surface area contributed by atoms with E-state index in [-0.39, 0.29) is 0 Å². The highest BCUT2D eigenvalue weighted by molar-refractivity contribution is 5.81. The fourth-order valence-electron chi connectivity index (χ4n) is 3.06. The number of unbranched alkanes of at least 4 members (excludes halogenated alkanes) is 2. The lowest BCUT2D eigenvalue weighted by Crippen LogP contribution is -2.29. The molecule has 1 aliphatic heterocycles. The highest BCUT2D eigenvalue weighted by atomic mass is 16.3. The van der Waals surface area contributed by atoms with Gasteiger partial charge in [-0.05, 0) is 55.0 Å². The van der Waals surface area contributed by atoms with Gasteiger partial charge in [0.2, 0.25) is 0 Å². The Morgan fingerprint density at radius 2 is 1.54 bits per heavy atom. The van der Waals surface area contributed by atoms with Gasteiger partial charge in [0, 0.05) is 0 Å². The number of hydrogen-bond donors (Lipinski definition) is 3. The van der Waals surface area contributed by atoms with Crippen molar-refractivity contribution in [2.45, 2.75) is 52.4 Å². The van der Waals surface area contributed by atoms with Crippen LogP contribution in [0.4, 0.5) is 17.1 Å². The van der Waals surface area contributed by atoms with E-state index in [0.717, 1.165) is 48.3 Å². The van der Waals surface area contributed by atoms with Crippen LogP contribution in [0.5, 0.6) is 5.75 Å². The van der Waals surface area contributed by atoms with Crippen LogP contribution in [0.2, 0.25) is 0 Å². The first-order chi connectivity index (χ1) is 11.7. The summed E-state index contributed by atoms with van der Waals surface area (Å²) in [5.74, 6) is 0.372. The van der Waals surface area contributed by atoms with Gasteiger partial charge < -0.3 is 5.11 Å². The monoisotopic (exact) mass is 325 g/mol. The Morgan fingerprint density at radius 3 is 2.17 bits per heavy atom. The molecule has 0 aliphatic carbocycles. The maximum absolute atomic E-state index is 10.8. The van der Waals surface area contributed by atoms with Gasteiger partial charge in [-0.1, -0.05) is 44.9 Å². The fourth-order valence-corrected chi connectivity index (χ4v) is 3.06. The van der Waals surface area contributed by atoms with Crippen LogP contribution in [0.15, 0.2) is 36.4 Å². The number of phenolic OH excluding ortho intramolecular Hbond substituents is 1. The smallest absolute Gasteiger partial charge is 0.146 e. The lowest BCUT2D eigenvalue weighted by molar-refractivity contribution is 0.467. The molecule has 0 atom stereocenters. The van der Waals surface area contributed by atoms with E-state index in [4.69, 9.17) is 0 Å². The molecule has 0 spiro atoms. The second kappa shape index (κ2) is 7.47. The number of hydrazine groups is 2. The van der Waals surface area contributed by atoms with Crippen LogP contribution in [-0.4, -0.2) is 5.11 Å². The molecule has 24 heavy (non-hydrogen) atoms. The predicted molar refractivity (Wildman–Crippen MR) is 101 cm³/mol. The van der Waals surface area contributed by atoms with Crippen molar-refractivity contribution in [1.29, 1.82) is 0 Å². The second-order valence-electron chi connectivity index (χ2n) is 6.43. The molecular formula is C20H27N3O. The van der Waals surface area contributed by atoms with Crippen molar-refractivity contribution in [1.82, 2.24) is 0 Å². The van der Waals surface area contributed by atoms with E-state index in [2.05, 4.69) is 36.8 Å². The summed E-state index contributed by atoms with van der Waals surface area (Å²) in [4.78, 5) is 0. The number of fused-ring (bicyclic) bond motifs is 1. The Balaban J connectivity index is 1.91. The molecule has 1 aliphatic rings. The number of rotatable bonds is 7. The van der Waals surface area contributed by atoms with Crippen molar-refractivity contribution in [2.24, 2.45) is 0 Å². The summed E-state index contributed by atoms with van der Waals surface area (Å²) in [6, 6.07) is 12.3. The van der Waals surface area contributed by atoms with Gasteiger partial charge >= 0.3 is 0 Å². The summed E-state index contributed by atoms with van der Waals surface area (Å²) in [7, 11) is 0. The molecule has 2 aromatic rings. The van der Waals surface area contributed by atoms with Gasteiger partial charge in [0.15, 0.2) is 0 Å². The standard InChI is InChI=1S/C20H27N3O/c1-3-5-9-15-13-16(10-6-4-2)20(24)19(14-15)23-21-17-11-7-8-12-18(17)22-23/h7-8,11-14,21-22,24H,3-6,9-10H2,1-2H3. The number of hydrogen-bond acceptors (Lipinski definition) is 4. The Kier molecular flexibility index (Phi) is 5.14. The van der Waals surface area contributed by atoms with E-state index in [1.807, 2.05) is 29.4 Å². The first-order valence-electron chi connectivity index (χ1n) is 9.00. The van der Waals surface area contributed by atoms with Crippen molar-refractivity contribution in [3.8, 4) is 5.75 Å². The topological polar surface area (TPSA) is 47.5 Å². The summed E-state index contributed by atoms with van der Waals surface area (Å²) in [6.45, 7) is 4.39. The number of nitrogens with one attached hydrogen (secondary N) is 2. The zero-order chi connectivity index (χ0) is 16.9. The van der Waals surface area contributed by atoms with Crippen LogP contribution in [0.25, 0.3) is 0 Å². The molecular weight excluding hydrogens is 298 g/mol. The SMILES string of the molecule is CCCCc1cc(CCCC)c(O)c(N2Nc3ccccc3N2)c1. The minimum absolute atomic E-state index is 0.372. The van der Waals surface area contributed by atoms with Crippen LogP contribution in [0, 0.1) is 0 Å². The molecule has 128 valence electrons. The third-order valence-corrected chi connectivity index (χ3v) is 4.48. The van der Waals surface area contributed by atoms with Gasteiger partial charge in [-0.15, -0.1) is 0 Å². The highest BCUT2D eigenvalue weighted by Crippen LogP contribution is 2.38. The lowest BCUT2D eigenvalue weighted by Gasteiger charge is -2.22. The number of aryl methyl sites for hydroxylation is 2. The average molecular weight is 325 g/mol. The minimum atomic E-state index is 0.372. The molecule has 0 saturated heterocycles. The molecule has 1 heterocycles. The molecule has 0 radical (unpaired) electrons. The number of nitrogens with zero attached hydrogens (tertiary/aromatic N) is 1. The fraction of sp³-hybridized carbons (Fsp3) is 0.400. The van der Waals surface area contributed by atoms with Crippen LogP contribution < -0.4 is 16.0 Å². The summed E-state index contributed by atoms with van der Waals surface area (Å²) in [5.41, 5.74) is 11.8. The Morgan fingerprint density at radius 1 is 0.917 bits per heavy atom. The molecule has 0 unspecified atom stereocenters. The van der Waals surface area contributed by atoms with Crippen LogP contribution in [0.3, 0.4) is 0 Å². The number of para-hydroxylation sites is 2. The molecule has 0 saturated carbocycles. The molecule has 0 amide bonds. The molecule has 4 heteroatoms. The van der Waals surface area contributed by atoms with Crippen LogP contribution in [0.1, 0.15) is 50.7 Å². The van der Waals surface area contributed by atoms with Crippen molar-refractivity contribution < 1.29 is 5.11 Å². The summed E-state index contributed by atoms with van der Waals surface area (Å²) in [5, 5.41) is 12.6. The Bertz CT molecular complexity index is 674. The maximum atomic E-state index is 10.8. The van der Waals surface area contributed by atoms with E-state index in [0.29, 0.717) is 5.75 Å². The minimum Gasteiger partial charge on any atom is -0.505 e. The van der Waals surface area contributed by atoms with E-state index in [1.54, 1.807) is 0 Å². The molecule has 3 N–H and O–H groups in total. The lowest BCUT2D eigenvalue weighted by atomic mass is 10.00. The average Bonchev–Trinajstić information content (AvgIpc) is 3.03. The van der Waals surface area contributed by atoms with E-state index in [1.165, 1.54) is 18.4 Å². The van der Waals surface area contributed by atoms with Gasteiger partial charge in [0.05, 0.1) is 11.4 Å². The molecule has 0 bridgehead atoms. The summed E-state index contributed by atoms with van der Waals surface area (Å²) in [6.07, 6.45) is 6.51. The third kappa shape index (κ3) is 3.42. The Labute approximate surface area is 144 Å². The number of phenols is 1. The zero-order valence-electron chi connectivity index (χ0n) is 14.6. The normalized spacial score (nSPS) is 12.7. The van der Waals surface area contributed by atoms with Crippen LogP contribution in [-0.2, 0) is 12.8 Å². The van der Waals surface area contributed by atoms with Crippen molar-refractivity contribution >= 4 is 17.1 Å². The quantitative estimate of drug-likeness (QED) is 0.650. The Hall–Kier alpha value is -2.36. The third-order valence-electron chi connectivity index (χ3n) is 4.48. The predicted octanol–water partition coefficient (Wildman–Crippen LogP) is 5.25. The van der Waals surface area contributed by atoms with Crippen LogP contribution >= 0.6 is 0 Å². The number of benzene rings is 2. The van der Waals surface area contributed by atoms with Crippen molar-refractivity contribution in [2.75, 3.05) is 16.0 Å². The summed E-state index contributed by atoms with van der Waals surface area (Å²) < 4.78 is 0. The molecule has 0 fully saturated rings. The zero-order valence-corrected chi connectivity index (χ0v) is 14.6. The molecule has 3 rings (SSSR count). The van der Waals surface area contributed by atoms with Gasteiger partial charge in [0.25, 0.3) is 0 Å². The number of anilines is 3. The first-order valence-corrected chi connectivity index (χ1v) is 9.00. The first kappa shape index (κ1) is 16.5. The summed E-state index contributed by atoms with van der Waals surface area (Å²) >= 11 is 0. The van der Waals surface area contributed by atoms with E-state index >= 15 is 0 Å². The molecule has 4 nitrogen and oxygen atoms in total. The maximum Gasteiger partial charge on any atom is 0.146 e. The number of aromatic hydroxyl groups is 1. The van der Waals surface area contributed by atoms with Gasteiger partial charge in [0.1, 0.15) is 11.4 Å². The van der Waals surface area contributed by atoms with Gasteiger partial charge in [-0.25, -0.2) is 0 Å². The van der Waals surface area contributed by atoms with E-state index in [9.17, 15) is 5.11 Å².